The number of rotatable bonds is 4. The Morgan fingerprint density at radius 1 is 1.37 bits per heavy atom. The number of ketones is 1. The van der Waals surface area contributed by atoms with E-state index in [9.17, 15) is 9.90 Å². The molecule has 0 saturated carbocycles. The highest BCUT2D eigenvalue weighted by atomic mass is 16.5. The van der Waals surface area contributed by atoms with Crippen molar-refractivity contribution in [1.29, 1.82) is 0 Å². The molecule has 2 rings (SSSR count). The summed E-state index contributed by atoms with van der Waals surface area (Å²) in [6.07, 6.45) is 6.26. The van der Waals surface area contributed by atoms with Gasteiger partial charge in [-0.2, -0.15) is 0 Å². The van der Waals surface area contributed by atoms with Crippen molar-refractivity contribution in [2.45, 2.75) is 0 Å². The Morgan fingerprint density at radius 3 is 2.89 bits per heavy atom. The predicted octanol–water partition coefficient (Wildman–Crippen LogP) is 2.69. The standard InChI is InChI=1S/C15H13NO3/c1-19-15-9-11(5-7-14(15)18)4-6-13(17)12-3-2-8-16-10-12/h2-10,18H,1H3. The Balaban J connectivity index is 2.17. The number of methoxy groups -OCH3 is 1. The summed E-state index contributed by atoms with van der Waals surface area (Å²) in [7, 11) is 1.48. The minimum Gasteiger partial charge on any atom is -0.504 e. The third-order valence-electron chi connectivity index (χ3n) is 2.58. The number of pyridine rings is 1. The van der Waals surface area contributed by atoms with Crippen molar-refractivity contribution in [3.8, 4) is 11.5 Å². The normalized spacial score (nSPS) is 10.6. The molecule has 2 aromatic rings. The fourth-order valence-corrected chi connectivity index (χ4v) is 1.57. The molecule has 1 aromatic carbocycles. The molecule has 1 heterocycles. The summed E-state index contributed by atoms with van der Waals surface area (Å²) in [6, 6.07) is 8.29. The molecule has 0 aliphatic heterocycles. The van der Waals surface area contributed by atoms with Crippen LogP contribution in [0.2, 0.25) is 0 Å². The molecule has 0 bridgehead atoms. The molecular formula is C15H13NO3. The van der Waals surface area contributed by atoms with Gasteiger partial charge in [0.25, 0.3) is 0 Å². The molecule has 0 fully saturated rings. The van der Waals surface area contributed by atoms with Crippen LogP contribution in [0, 0.1) is 0 Å². The molecule has 0 aliphatic carbocycles. The van der Waals surface area contributed by atoms with Gasteiger partial charge < -0.3 is 9.84 Å². The second-order valence-corrected chi connectivity index (χ2v) is 3.87. The van der Waals surface area contributed by atoms with E-state index in [1.54, 1.807) is 36.5 Å². The van der Waals surface area contributed by atoms with Gasteiger partial charge in [-0.1, -0.05) is 12.1 Å². The average molecular weight is 255 g/mol. The van der Waals surface area contributed by atoms with E-state index in [4.69, 9.17) is 4.74 Å². The maximum atomic E-state index is 11.8. The van der Waals surface area contributed by atoms with Crippen LogP contribution < -0.4 is 4.74 Å². The number of aromatic nitrogens is 1. The Morgan fingerprint density at radius 2 is 2.21 bits per heavy atom. The van der Waals surface area contributed by atoms with Gasteiger partial charge in [-0.05, 0) is 35.9 Å². The Hall–Kier alpha value is -2.62. The zero-order chi connectivity index (χ0) is 13.7. The topological polar surface area (TPSA) is 59.4 Å². The quantitative estimate of drug-likeness (QED) is 0.674. The number of phenols is 1. The fourth-order valence-electron chi connectivity index (χ4n) is 1.57. The number of aromatic hydroxyl groups is 1. The highest BCUT2D eigenvalue weighted by Gasteiger charge is 2.02. The van der Waals surface area contributed by atoms with Crippen molar-refractivity contribution in [2.24, 2.45) is 0 Å². The number of ether oxygens (including phenoxy) is 1. The van der Waals surface area contributed by atoms with E-state index < -0.39 is 0 Å². The predicted molar refractivity (Wildman–Crippen MR) is 72.3 cm³/mol. The Labute approximate surface area is 111 Å². The van der Waals surface area contributed by atoms with Crippen molar-refractivity contribution in [1.82, 2.24) is 4.98 Å². The van der Waals surface area contributed by atoms with Crippen LogP contribution in [0.4, 0.5) is 0 Å². The first-order chi connectivity index (χ1) is 9.20. The smallest absolute Gasteiger partial charge is 0.187 e. The third-order valence-corrected chi connectivity index (χ3v) is 2.58. The number of carbonyl (C=O) groups excluding carboxylic acids is 1. The lowest BCUT2D eigenvalue weighted by Gasteiger charge is -2.03. The highest BCUT2D eigenvalue weighted by molar-refractivity contribution is 6.06. The fraction of sp³-hybridized carbons (Fsp3) is 0.0667. The summed E-state index contributed by atoms with van der Waals surface area (Å²) in [5.41, 5.74) is 1.30. The summed E-state index contributed by atoms with van der Waals surface area (Å²) >= 11 is 0. The molecule has 4 nitrogen and oxygen atoms in total. The van der Waals surface area contributed by atoms with Crippen molar-refractivity contribution in [3.63, 3.8) is 0 Å². The monoisotopic (exact) mass is 255 g/mol. The molecule has 0 aliphatic rings. The third kappa shape index (κ3) is 3.19. The van der Waals surface area contributed by atoms with E-state index >= 15 is 0 Å². The molecule has 0 saturated heterocycles. The lowest BCUT2D eigenvalue weighted by molar-refractivity contribution is 0.104. The van der Waals surface area contributed by atoms with Gasteiger partial charge in [-0.3, -0.25) is 9.78 Å². The molecule has 96 valence electrons. The van der Waals surface area contributed by atoms with Crippen molar-refractivity contribution in [2.75, 3.05) is 7.11 Å². The second kappa shape index (κ2) is 5.82. The number of phenolic OH excluding ortho intramolecular Hbond substituents is 1. The van der Waals surface area contributed by atoms with E-state index in [1.165, 1.54) is 25.4 Å². The number of hydrogen-bond donors (Lipinski definition) is 1. The van der Waals surface area contributed by atoms with Gasteiger partial charge in [0.1, 0.15) is 0 Å². The van der Waals surface area contributed by atoms with Gasteiger partial charge in [0.15, 0.2) is 17.3 Å². The van der Waals surface area contributed by atoms with E-state index in [0.717, 1.165) is 5.56 Å². The summed E-state index contributed by atoms with van der Waals surface area (Å²) in [5.74, 6) is 0.314. The maximum Gasteiger partial charge on any atom is 0.187 e. The molecule has 0 amide bonds. The average Bonchev–Trinajstić information content (AvgIpc) is 2.47. The van der Waals surface area contributed by atoms with Crippen LogP contribution in [0.3, 0.4) is 0 Å². The Bertz CT molecular complexity index is 606. The molecule has 0 atom stereocenters. The first-order valence-electron chi connectivity index (χ1n) is 5.70. The molecule has 1 aromatic heterocycles. The van der Waals surface area contributed by atoms with Crippen LogP contribution in [0.5, 0.6) is 11.5 Å². The van der Waals surface area contributed by atoms with Crippen molar-refractivity contribution >= 4 is 11.9 Å². The summed E-state index contributed by atoms with van der Waals surface area (Å²) in [6.45, 7) is 0. The van der Waals surface area contributed by atoms with Gasteiger partial charge in [-0.25, -0.2) is 0 Å². The van der Waals surface area contributed by atoms with E-state index in [1.807, 2.05) is 0 Å². The second-order valence-electron chi connectivity index (χ2n) is 3.87. The number of allylic oxidation sites excluding steroid dienone is 1. The number of nitrogens with zero attached hydrogens (tertiary/aromatic N) is 1. The molecule has 4 heteroatoms. The first kappa shape index (κ1) is 12.8. The lowest BCUT2D eigenvalue weighted by atomic mass is 10.1. The molecule has 0 spiro atoms. The zero-order valence-corrected chi connectivity index (χ0v) is 10.4. The van der Waals surface area contributed by atoms with Crippen LogP contribution in [-0.2, 0) is 0 Å². The minimum absolute atomic E-state index is 0.0678. The molecular weight excluding hydrogens is 242 g/mol. The minimum atomic E-state index is -0.125. The summed E-state index contributed by atoms with van der Waals surface area (Å²) in [5, 5.41) is 9.47. The number of carbonyl (C=O) groups is 1. The van der Waals surface area contributed by atoms with Gasteiger partial charge in [-0.15, -0.1) is 0 Å². The van der Waals surface area contributed by atoms with E-state index in [0.29, 0.717) is 11.3 Å². The number of hydrogen-bond acceptors (Lipinski definition) is 4. The molecule has 1 N–H and O–H groups in total. The largest absolute Gasteiger partial charge is 0.504 e. The van der Waals surface area contributed by atoms with E-state index in [2.05, 4.69) is 4.98 Å². The first-order valence-corrected chi connectivity index (χ1v) is 5.70. The van der Waals surface area contributed by atoms with Crippen LogP contribution in [0.15, 0.2) is 48.8 Å². The lowest BCUT2D eigenvalue weighted by Crippen LogP contribution is -1.94. The van der Waals surface area contributed by atoms with Gasteiger partial charge in [0.05, 0.1) is 7.11 Å². The zero-order valence-electron chi connectivity index (χ0n) is 10.4. The molecule has 19 heavy (non-hydrogen) atoms. The van der Waals surface area contributed by atoms with Gasteiger partial charge in [0, 0.05) is 18.0 Å². The van der Waals surface area contributed by atoms with Gasteiger partial charge >= 0.3 is 0 Å². The van der Waals surface area contributed by atoms with Crippen LogP contribution in [0.1, 0.15) is 15.9 Å². The summed E-state index contributed by atoms with van der Waals surface area (Å²) < 4.78 is 5.00. The summed E-state index contributed by atoms with van der Waals surface area (Å²) in [4.78, 5) is 15.7. The van der Waals surface area contributed by atoms with Crippen LogP contribution in [-0.4, -0.2) is 23.0 Å². The number of benzene rings is 1. The van der Waals surface area contributed by atoms with Crippen molar-refractivity contribution < 1.29 is 14.6 Å². The van der Waals surface area contributed by atoms with Crippen LogP contribution in [0.25, 0.3) is 6.08 Å². The molecule has 0 radical (unpaired) electrons. The maximum absolute atomic E-state index is 11.8. The van der Waals surface area contributed by atoms with Crippen molar-refractivity contribution in [3.05, 3.63) is 59.9 Å². The molecule has 0 unspecified atom stereocenters. The van der Waals surface area contributed by atoms with E-state index in [-0.39, 0.29) is 11.5 Å². The Kier molecular flexibility index (Phi) is 3.93. The SMILES string of the molecule is COc1cc(C=CC(=O)c2cccnc2)ccc1O. The van der Waals surface area contributed by atoms with Gasteiger partial charge in [0.2, 0.25) is 0 Å². The van der Waals surface area contributed by atoms with Crippen LogP contribution >= 0.6 is 0 Å². The highest BCUT2D eigenvalue weighted by Crippen LogP contribution is 2.26.